The van der Waals surface area contributed by atoms with Gasteiger partial charge in [0.05, 0.1) is 0 Å². The predicted molar refractivity (Wildman–Crippen MR) is 63.6 cm³/mol. The molecule has 0 fully saturated rings. The largest absolute Gasteiger partial charge is 0.324 e. The van der Waals surface area contributed by atoms with E-state index < -0.39 is 0 Å². The SMILES string of the molecule is CC(C)(N)CN1CCc2cccc(F)c2C1. The van der Waals surface area contributed by atoms with Crippen molar-refractivity contribution in [1.29, 1.82) is 0 Å². The molecule has 1 aliphatic heterocycles. The molecule has 3 heteroatoms. The van der Waals surface area contributed by atoms with Crippen LogP contribution in [0.1, 0.15) is 25.0 Å². The molecule has 1 heterocycles. The zero-order chi connectivity index (χ0) is 11.8. The van der Waals surface area contributed by atoms with E-state index in [1.54, 1.807) is 6.07 Å². The first-order valence-corrected chi connectivity index (χ1v) is 5.73. The zero-order valence-corrected chi connectivity index (χ0v) is 9.96. The van der Waals surface area contributed by atoms with E-state index in [4.69, 9.17) is 5.73 Å². The van der Waals surface area contributed by atoms with Gasteiger partial charge in [-0.15, -0.1) is 0 Å². The van der Waals surface area contributed by atoms with Crippen LogP contribution < -0.4 is 5.73 Å². The molecule has 0 unspecified atom stereocenters. The second kappa shape index (κ2) is 4.15. The highest BCUT2D eigenvalue weighted by atomic mass is 19.1. The van der Waals surface area contributed by atoms with Crippen molar-refractivity contribution >= 4 is 0 Å². The topological polar surface area (TPSA) is 29.3 Å². The van der Waals surface area contributed by atoms with E-state index in [1.165, 1.54) is 6.07 Å². The molecule has 0 aliphatic carbocycles. The van der Waals surface area contributed by atoms with Gasteiger partial charge in [-0.3, -0.25) is 4.90 Å². The van der Waals surface area contributed by atoms with E-state index in [0.29, 0.717) is 6.54 Å². The van der Waals surface area contributed by atoms with Crippen LogP contribution in [0, 0.1) is 5.82 Å². The number of fused-ring (bicyclic) bond motifs is 1. The number of nitrogens with zero attached hydrogens (tertiary/aromatic N) is 1. The molecule has 2 N–H and O–H groups in total. The van der Waals surface area contributed by atoms with Crippen LogP contribution in [0.15, 0.2) is 18.2 Å². The second-order valence-electron chi connectivity index (χ2n) is 5.33. The van der Waals surface area contributed by atoms with Gasteiger partial charge < -0.3 is 5.73 Å². The lowest BCUT2D eigenvalue weighted by Gasteiger charge is -2.33. The third-order valence-corrected chi connectivity index (χ3v) is 2.93. The van der Waals surface area contributed by atoms with Crippen LogP contribution in [-0.4, -0.2) is 23.5 Å². The second-order valence-corrected chi connectivity index (χ2v) is 5.33. The maximum absolute atomic E-state index is 13.6. The number of nitrogens with two attached hydrogens (primary N) is 1. The zero-order valence-electron chi connectivity index (χ0n) is 9.96. The standard InChI is InChI=1S/C13H19FN2/c1-13(2,15)9-16-7-6-10-4-3-5-12(14)11(10)8-16/h3-5H,6-9,15H2,1-2H3. The minimum Gasteiger partial charge on any atom is -0.324 e. The van der Waals surface area contributed by atoms with Gasteiger partial charge in [-0.25, -0.2) is 4.39 Å². The van der Waals surface area contributed by atoms with E-state index in [-0.39, 0.29) is 11.4 Å². The Morgan fingerprint density at radius 2 is 2.19 bits per heavy atom. The van der Waals surface area contributed by atoms with E-state index in [2.05, 4.69) is 4.90 Å². The Hall–Kier alpha value is -0.930. The Balaban J connectivity index is 2.14. The average molecular weight is 222 g/mol. The molecule has 0 amide bonds. The third-order valence-electron chi connectivity index (χ3n) is 2.93. The van der Waals surface area contributed by atoms with Gasteiger partial charge in [-0.2, -0.15) is 0 Å². The highest BCUT2D eigenvalue weighted by molar-refractivity contribution is 5.30. The minimum absolute atomic E-state index is 0.0861. The van der Waals surface area contributed by atoms with E-state index in [9.17, 15) is 4.39 Å². The van der Waals surface area contributed by atoms with Crippen molar-refractivity contribution < 1.29 is 4.39 Å². The van der Waals surface area contributed by atoms with Crippen LogP contribution in [0.2, 0.25) is 0 Å². The van der Waals surface area contributed by atoms with Crippen LogP contribution in [0.25, 0.3) is 0 Å². The van der Waals surface area contributed by atoms with E-state index in [0.717, 1.165) is 30.6 Å². The van der Waals surface area contributed by atoms with Crippen molar-refractivity contribution in [2.45, 2.75) is 32.4 Å². The molecule has 2 rings (SSSR count). The summed E-state index contributed by atoms with van der Waals surface area (Å²) in [6.45, 7) is 6.47. The molecule has 0 saturated heterocycles. The maximum Gasteiger partial charge on any atom is 0.127 e. The third kappa shape index (κ3) is 2.60. The number of rotatable bonds is 2. The molecule has 0 aromatic heterocycles. The lowest BCUT2D eigenvalue weighted by atomic mass is 9.97. The molecular formula is C13H19FN2. The summed E-state index contributed by atoms with van der Waals surface area (Å²) in [5.74, 6) is -0.0861. The fourth-order valence-electron chi connectivity index (χ4n) is 2.31. The smallest absolute Gasteiger partial charge is 0.127 e. The summed E-state index contributed by atoms with van der Waals surface area (Å²) in [5.41, 5.74) is 7.76. The minimum atomic E-state index is -0.219. The number of hydrogen-bond acceptors (Lipinski definition) is 2. The molecule has 88 valence electrons. The summed E-state index contributed by atoms with van der Waals surface area (Å²) in [6, 6.07) is 5.34. The maximum atomic E-state index is 13.6. The van der Waals surface area contributed by atoms with Gasteiger partial charge in [0.1, 0.15) is 5.82 Å². The van der Waals surface area contributed by atoms with Crippen molar-refractivity contribution in [3.8, 4) is 0 Å². The first-order chi connectivity index (χ1) is 7.46. The summed E-state index contributed by atoms with van der Waals surface area (Å²) in [4.78, 5) is 2.23. The summed E-state index contributed by atoms with van der Waals surface area (Å²) >= 11 is 0. The van der Waals surface area contributed by atoms with E-state index in [1.807, 2.05) is 19.9 Å². The summed E-state index contributed by atoms with van der Waals surface area (Å²) < 4.78 is 13.6. The van der Waals surface area contributed by atoms with Gasteiger partial charge >= 0.3 is 0 Å². The Kier molecular flexibility index (Phi) is 3.00. The van der Waals surface area contributed by atoms with E-state index >= 15 is 0 Å². The monoisotopic (exact) mass is 222 g/mol. The van der Waals surface area contributed by atoms with Crippen molar-refractivity contribution in [3.63, 3.8) is 0 Å². The van der Waals surface area contributed by atoms with Gasteiger partial charge in [0.25, 0.3) is 0 Å². The number of benzene rings is 1. The molecule has 16 heavy (non-hydrogen) atoms. The van der Waals surface area contributed by atoms with Gasteiger partial charge in [0.15, 0.2) is 0 Å². The predicted octanol–water partition coefficient (Wildman–Crippen LogP) is 1.92. The van der Waals surface area contributed by atoms with Crippen molar-refractivity contribution in [2.75, 3.05) is 13.1 Å². The molecule has 1 aromatic carbocycles. The van der Waals surface area contributed by atoms with Crippen LogP contribution in [0.3, 0.4) is 0 Å². The van der Waals surface area contributed by atoms with Crippen LogP contribution >= 0.6 is 0 Å². The Bertz CT molecular complexity index is 382. The quantitative estimate of drug-likeness (QED) is 0.828. The normalized spacial score (nSPS) is 17.2. The van der Waals surface area contributed by atoms with Crippen LogP contribution in [-0.2, 0) is 13.0 Å². The van der Waals surface area contributed by atoms with Crippen molar-refractivity contribution in [3.05, 3.63) is 35.1 Å². The lowest BCUT2D eigenvalue weighted by Crippen LogP contribution is -2.47. The van der Waals surface area contributed by atoms with Crippen molar-refractivity contribution in [2.24, 2.45) is 5.73 Å². The van der Waals surface area contributed by atoms with Gasteiger partial charge in [-0.1, -0.05) is 12.1 Å². The van der Waals surface area contributed by atoms with Gasteiger partial charge in [0.2, 0.25) is 0 Å². The number of hydrogen-bond donors (Lipinski definition) is 1. The Morgan fingerprint density at radius 1 is 1.44 bits per heavy atom. The molecule has 0 atom stereocenters. The molecule has 1 aromatic rings. The van der Waals surface area contributed by atoms with Crippen LogP contribution in [0.4, 0.5) is 4.39 Å². The van der Waals surface area contributed by atoms with Gasteiger partial charge in [-0.05, 0) is 31.9 Å². The van der Waals surface area contributed by atoms with Crippen molar-refractivity contribution in [1.82, 2.24) is 4.90 Å². The highest BCUT2D eigenvalue weighted by Gasteiger charge is 2.22. The molecule has 2 nitrogen and oxygen atoms in total. The summed E-state index contributed by atoms with van der Waals surface area (Å²) in [5, 5.41) is 0. The molecular weight excluding hydrogens is 203 g/mol. The van der Waals surface area contributed by atoms with Crippen LogP contribution in [0.5, 0.6) is 0 Å². The molecule has 0 spiro atoms. The van der Waals surface area contributed by atoms with Gasteiger partial charge in [0, 0.05) is 30.7 Å². The molecule has 0 bridgehead atoms. The summed E-state index contributed by atoms with van der Waals surface area (Å²) in [6.07, 6.45) is 0.920. The Morgan fingerprint density at radius 3 is 2.88 bits per heavy atom. The average Bonchev–Trinajstić information content (AvgIpc) is 2.17. The highest BCUT2D eigenvalue weighted by Crippen LogP contribution is 2.22. The molecule has 0 saturated carbocycles. The summed E-state index contributed by atoms with van der Waals surface area (Å²) in [7, 11) is 0. The lowest BCUT2D eigenvalue weighted by molar-refractivity contribution is 0.206. The fourth-order valence-corrected chi connectivity index (χ4v) is 2.31. The first-order valence-electron chi connectivity index (χ1n) is 5.73. The Labute approximate surface area is 96.2 Å². The molecule has 1 aliphatic rings. The molecule has 0 radical (unpaired) electrons. The number of halogens is 1. The first kappa shape index (κ1) is 11.6. The fraction of sp³-hybridized carbons (Fsp3) is 0.538.